The van der Waals surface area contributed by atoms with Crippen LogP contribution in [0.25, 0.3) is 10.9 Å². The number of aryl methyl sites for hydroxylation is 2. The van der Waals surface area contributed by atoms with Crippen LogP contribution in [0, 0.1) is 0 Å². The molecule has 3 aromatic rings. The van der Waals surface area contributed by atoms with Crippen LogP contribution in [0.5, 0.6) is 5.75 Å². The number of carbonyl (C=O) groups excluding carboxylic acids is 1. The number of aromatic nitrogens is 1. The highest BCUT2D eigenvalue weighted by molar-refractivity contribution is 5.85. The third-order valence-corrected chi connectivity index (χ3v) is 6.55. The highest BCUT2D eigenvalue weighted by Crippen LogP contribution is 2.35. The maximum atomic E-state index is 13.6. The molecule has 2 aliphatic rings. The van der Waals surface area contributed by atoms with Crippen LogP contribution >= 0.6 is 0 Å². The number of morpholine rings is 1. The van der Waals surface area contributed by atoms with Crippen LogP contribution in [-0.4, -0.2) is 53.9 Å². The molecule has 1 amide bonds. The van der Waals surface area contributed by atoms with Gasteiger partial charge in [0.05, 0.1) is 24.6 Å². The van der Waals surface area contributed by atoms with Crippen molar-refractivity contribution in [2.45, 2.75) is 31.9 Å². The van der Waals surface area contributed by atoms with E-state index in [1.165, 1.54) is 7.11 Å². The van der Waals surface area contributed by atoms with Gasteiger partial charge in [-0.05, 0) is 23.4 Å². The molecule has 1 fully saturated rings. The number of methoxy groups -OCH3 is 1. The molecule has 0 bridgehead atoms. The molecule has 9 nitrogen and oxygen atoms in total. The lowest BCUT2D eigenvalue weighted by Gasteiger charge is -2.28. The summed E-state index contributed by atoms with van der Waals surface area (Å²) in [6.45, 7) is 2.30. The molecule has 1 atom stereocenters. The fourth-order valence-electron chi connectivity index (χ4n) is 4.91. The lowest BCUT2D eigenvalue weighted by Crippen LogP contribution is -2.41. The van der Waals surface area contributed by atoms with Crippen molar-refractivity contribution in [2.75, 3.05) is 33.4 Å². The van der Waals surface area contributed by atoms with E-state index in [-0.39, 0.29) is 36.0 Å². The normalized spacial score (nSPS) is 16.2. The monoisotopic (exact) mass is 466 g/mol. The second kappa shape index (κ2) is 9.08. The molecule has 4 heterocycles. The Morgan fingerprint density at radius 1 is 1.18 bits per heavy atom. The lowest BCUT2D eigenvalue weighted by atomic mass is 9.91. The van der Waals surface area contributed by atoms with Crippen LogP contribution in [0.3, 0.4) is 0 Å². The van der Waals surface area contributed by atoms with Crippen LogP contribution in [0.15, 0.2) is 44.3 Å². The molecule has 9 heteroatoms. The first-order chi connectivity index (χ1) is 16.5. The van der Waals surface area contributed by atoms with Crippen molar-refractivity contribution in [3.8, 4) is 5.75 Å². The Morgan fingerprint density at radius 3 is 2.74 bits per heavy atom. The number of pyridine rings is 1. The Labute approximate surface area is 195 Å². The number of carbonyl (C=O) groups is 1. The molecule has 0 aliphatic carbocycles. The number of hydrogen-bond donors (Lipinski definition) is 1. The molecule has 0 radical (unpaired) electrons. The molecular weight excluding hydrogens is 440 g/mol. The third kappa shape index (κ3) is 3.91. The van der Waals surface area contributed by atoms with E-state index in [4.69, 9.17) is 13.9 Å². The zero-order valence-electron chi connectivity index (χ0n) is 18.9. The minimum Gasteiger partial charge on any atom is -0.502 e. The summed E-state index contributed by atoms with van der Waals surface area (Å²) < 4.78 is 18.0. The van der Waals surface area contributed by atoms with Gasteiger partial charge in [-0.2, -0.15) is 0 Å². The number of amides is 1. The van der Waals surface area contributed by atoms with Crippen LogP contribution in [-0.2, 0) is 33.8 Å². The number of nitrogens with zero attached hydrogens (tertiary/aromatic N) is 2. The molecule has 0 saturated carbocycles. The Kier molecular flexibility index (Phi) is 5.97. The van der Waals surface area contributed by atoms with Crippen molar-refractivity contribution < 1.29 is 23.8 Å². The van der Waals surface area contributed by atoms with Gasteiger partial charge in [0.15, 0.2) is 5.76 Å². The van der Waals surface area contributed by atoms with Crippen LogP contribution < -0.4 is 11.0 Å². The predicted molar refractivity (Wildman–Crippen MR) is 123 cm³/mol. The van der Waals surface area contributed by atoms with Crippen molar-refractivity contribution in [3.63, 3.8) is 0 Å². The number of hydrogen-bond acceptors (Lipinski definition) is 7. The molecule has 0 spiro atoms. The van der Waals surface area contributed by atoms with Crippen molar-refractivity contribution in [2.24, 2.45) is 0 Å². The summed E-state index contributed by atoms with van der Waals surface area (Å²) >= 11 is 0. The van der Waals surface area contributed by atoms with E-state index in [0.29, 0.717) is 38.4 Å². The van der Waals surface area contributed by atoms with E-state index >= 15 is 0 Å². The van der Waals surface area contributed by atoms with E-state index in [1.807, 2.05) is 18.2 Å². The van der Waals surface area contributed by atoms with Crippen molar-refractivity contribution in [1.29, 1.82) is 0 Å². The smallest absolute Gasteiger partial charge is 0.255 e. The molecule has 2 aliphatic heterocycles. The van der Waals surface area contributed by atoms with Gasteiger partial charge in [0, 0.05) is 44.8 Å². The van der Waals surface area contributed by atoms with Crippen molar-refractivity contribution in [3.05, 3.63) is 73.6 Å². The summed E-state index contributed by atoms with van der Waals surface area (Å²) in [5.74, 6) is -1.64. The predicted octanol–water partition coefficient (Wildman–Crippen LogP) is 1.74. The third-order valence-electron chi connectivity index (χ3n) is 6.55. The van der Waals surface area contributed by atoms with E-state index in [1.54, 1.807) is 15.5 Å². The summed E-state index contributed by atoms with van der Waals surface area (Å²) in [6.07, 6.45) is 0.616. The summed E-state index contributed by atoms with van der Waals surface area (Å²) in [7, 11) is 1.46. The zero-order valence-corrected chi connectivity index (χ0v) is 18.9. The zero-order chi connectivity index (χ0) is 23.8. The molecule has 2 aromatic heterocycles. The topological polar surface area (TPSA) is 111 Å². The summed E-state index contributed by atoms with van der Waals surface area (Å²) in [5, 5.41) is 11.5. The van der Waals surface area contributed by atoms with Crippen molar-refractivity contribution in [1.82, 2.24) is 9.47 Å². The summed E-state index contributed by atoms with van der Waals surface area (Å²) in [6, 6.07) is 8.77. The number of aromatic hydroxyl groups is 1. The maximum absolute atomic E-state index is 13.6. The molecule has 5 rings (SSSR count). The first-order valence-electron chi connectivity index (χ1n) is 11.3. The van der Waals surface area contributed by atoms with Gasteiger partial charge in [-0.3, -0.25) is 14.4 Å². The Morgan fingerprint density at radius 2 is 1.97 bits per heavy atom. The summed E-state index contributed by atoms with van der Waals surface area (Å²) in [4.78, 5) is 41.0. The van der Waals surface area contributed by atoms with Crippen molar-refractivity contribution >= 4 is 16.8 Å². The second-order valence-corrected chi connectivity index (χ2v) is 8.63. The highest BCUT2D eigenvalue weighted by Gasteiger charge is 2.32. The minimum atomic E-state index is -0.940. The van der Waals surface area contributed by atoms with Crippen LogP contribution in [0.2, 0.25) is 0 Å². The Balaban J connectivity index is 1.67. The van der Waals surface area contributed by atoms with Gasteiger partial charge >= 0.3 is 0 Å². The average molecular weight is 466 g/mol. The van der Waals surface area contributed by atoms with Gasteiger partial charge in [-0.25, -0.2) is 0 Å². The van der Waals surface area contributed by atoms with E-state index in [9.17, 15) is 19.5 Å². The Hall–Kier alpha value is -3.43. The average Bonchev–Trinajstić information content (AvgIpc) is 3.29. The van der Waals surface area contributed by atoms with E-state index in [0.717, 1.165) is 29.0 Å². The highest BCUT2D eigenvalue weighted by atomic mass is 16.5. The van der Waals surface area contributed by atoms with Crippen LogP contribution in [0.4, 0.5) is 0 Å². The van der Waals surface area contributed by atoms with Gasteiger partial charge in [0.1, 0.15) is 12.4 Å². The summed E-state index contributed by atoms with van der Waals surface area (Å²) in [5.41, 5.74) is 1.38. The molecule has 1 unspecified atom stereocenters. The number of benzene rings is 1. The Bertz CT molecular complexity index is 1370. The SMILES string of the molecule is COCc1cc(=O)c(O)c(C(CC(=O)N2CCOCC2)c2cc3cccc4c3n(c2=O)CC4)o1. The molecular formula is C25H26N2O7. The molecule has 34 heavy (non-hydrogen) atoms. The minimum absolute atomic E-state index is 0.0119. The number of ether oxygens (including phenoxy) is 2. The molecule has 178 valence electrons. The first-order valence-corrected chi connectivity index (χ1v) is 11.3. The van der Waals surface area contributed by atoms with Gasteiger partial charge in [-0.1, -0.05) is 18.2 Å². The number of para-hydroxylation sites is 1. The fraction of sp³-hybridized carbons (Fsp3) is 0.400. The van der Waals surface area contributed by atoms with E-state index < -0.39 is 17.1 Å². The van der Waals surface area contributed by atoms with Gasteiger partial charge in [0.2, 0.25) is 17.1 Å². The first kappa shape index (κ1) is 22.4. The van der Waals surface area contributed by atoms with Gasteiger partial charge in [-0.15, -0.1) is 0 Å². The number of rotatable bonds is 6. The molecule has 1 saturated heterocycles. The van der Waals surface area contributed by atoms with Crippen LogP contribution in [0.1, 0.15) is 35.0 Å². The standard InChI is InChI=1S/C25H26N2O7/c1-32-14-17-12-20(28)23(30)24(34-17)18(13-21(29)26-7-9-33-10-8-26)19-11-16-4-2-3-15-5-6-27(22(15)16)25(19)31/h2-4,11-12,18,30H,5-10,13-14H2,1H3. The molecule has 1 aromatic carbocycles. The van der Waals surface area contributed by atoms with E-state index in [2.05, 4.69) is 0 Å². The van der Waals surface area contributed by atoms with Gasteiger partial charge in [0.25, 0.3) is 5.56 Å². The largest absolute Gasteiger partial charge is 0.502 e. The maximum Gasteiger partial charge on any atom is 0.255 e. The molecule has 1 N–H and O–H groups in total. The quantitative estimate of drug-likeness (QED) is 0.589. The second-order valence-electron chi connectivity index (χ2n) is 8.63. The fourth-order valence-corrected chi connectivity index (χ4v) is 4.91. The lowest BCUT2D eigenvalue weighted by molar-refractivity contribution is -0.135. The van der Waals surface area contributed by atoms with Gasteiger partial charge < -0.3 is 28.5 Å².